The Bertz CT molecular complexity index is 1450. The molecule has 0 aliphatic rings. The first-order valence-electron chi connectivity index (χ1n) is 10.0. The van der Waals surface area contributed by atoms with Crippen molar-refractivity contribution in [3.63, 3.8) is 0 Å². The second kappa shape index (κ2) is 10.6. The summed E-state index contributed by atoms with van der Waals surface area (Å²) >= 11 is 15.0. The lowest BCUT2D eigenvalue weighted by Gasteiger charge is -2.09. The highest BCUT2D eigenvalue weighted by Crippen LogP contribution is 2.24. The van der Waals surface area contributed by atoms with E-state index >= 15 is 0 Å². The number of thiazole rings is 1. The molecule has 5 nitrogen and oxygen atoms in total. The van der Waals surface area contributed by atoms with E-state index in [1.54, 1.807) is 34.5 Å². The molecule has 33 heavy (non-hydrogen) atoms. The summed E-state index contributed by atoms with van der Waals surface area (Å²) in [6.45, 7) is 0.616. The van der Waals surface area contributed by atoms with Crippen LogP contribution >= 0.6 is 46.3 Å². The second-order valence-corrected chi connectivity index (χ2v) is 11.9. The smallest absolute Gasteiger partial charge is 0.294 e. The summed E-state index contributed by atoms with van der Waals surface area (Å²) in [5, 5.41) is 1.29. The first-order chi connectivity index (χ1) is 15.8. The molecule has 1 N–H and O–H groups in total. The molecule has 3 aromatic carbocycles. The Labute approximate surface area is 210 Å². The summed E-state index contributed by atoms with van der Waals surface area (Å²) in [5.74, 6) is 1.31. The molecular weight excluding hydrogens is 519 g/mol. The van der Waals surface area contributed by atoms with Crippen molar-refractivity contribution in [2.75, 3.05) is 12.3 Å². The van der Waals surface area contributed by atoms with Crippen LogP contribution < -0.4 is 9.60 Å². The van der Waals surface area contributed by atoms with Crippen molar-refractivity contribution >= 4 is 66.5 Å². The van der Waals surface area contributed by atoms with Gasteiger partial charge in [0, 0.05) is 28.1 Å². The zero-order valence-electron chi connectivity index (χ0n) is 17.3. The minimum atomic E-state index is -3.69. The number of aromatic nitrogens is 1. The molecule has 172 valence electrons. The van der Waals surface area contributed by atoms with Crippen LogP contribution in [-0.2, 0) is 22.3 Å². The van der Waals surface area contributed by atoms with Crippen LogP contribution in [0.5, 0.6) is 0 Å². The van der Waals surface area contributed by atoms with E-state index in [0.29, 0.717) is 44.9 Å². The van der Waals surface area contributed by atoms with Gasteiger partial charge in [-0.3, -0.25) is 9.36 Å². The Kier molecular flexibility index (Phi) is 7.83. The van der Waals surface area contributed by atoms with E-state index in [1.165, 1.54) is 6.07 Å². The van der Waals surface area contributed by atoms with Gasteiger partial charge in [-0.25, -0.2) is 13.1 Å². The highest BCUT2D eigenvalue weighted by Gasteiger charge is 2.17. The van der Waals surface area contributed by atoms with Gasteiger partial charge in [-0.2, -0.15) is 11.8 Å². The fraction of sp³-hybridized carbons (Fsp3) is 0.174. The van der Waals surface area contributed by atoms with E-state index in [4.69, 9.17) is 23.2 Å². The van der Waals surface area contributed by atoms with Gasteiger partial charge in [-0.15, -0.1) is 0 Å². The average Bonchev–Trinajstić information content (AvgIpc) is 3.10. The van der Waals surface area contributed by atoms with Crippen LogP contribution in [0.2, 0.25) is 10.0 Å². The summed E-state index contributed by atoms with van der Waals surface area (Å²) in [6.07, 6.45) is 0. The first-order valence-corrected chi connectivity index (χ1v) is 14.2. The maximum atomic E-state index is 12.8. The zero-order chi connectivity index (χ0) is 23.4. The number of thioether (sulfide) groups is 1. The standard InChI is InChI=1S/C23H20Cl2N2O3S3/c24-19-7-3-1-5-16(19)14-27-21-10-9-18(13-22(21)32-23(27)28)33(29,30)26-11-12-31-15-17-6-2-4-8-20(17)25/h1-10,13,26H,11-12,14-15H2. The highest BCUT2D eigenvalue weighted by atomic mass is 35.5. The molecule has 0 atom stereocenters. The van der Waals surface area contributed by atoms with Crippen molar-refractivity contribution in [3.05, 3.63) is 97.6 Å². The number of hydrogen-bond donors (Lipinski definition) is 1. The molecule has 4 rings (SSSR count). The molecule has 0 aliphatic heterocycles. The molecule has 0 fully saturated rings. The summed E-state index contributed by atoms with van der Waals surface area (Å²) in [4.78, 5) is 12.5. The Hall–Kier alpha value is -1.81. The lowest BCUT2D eigenvalue weighted by molar-refractivity contribution is 0.584. The van der Waals surface area contributed by atoms with Gasteiger partial charge in [0.1, 0.15) is 0 Å². The van der Waals surface area contributed by atoms with Crippen molar-refractivity contribution in [2.45, 2.75) is 17.2 Å². The normalized spacial score (nSPS) is 11.8. The van der Waals surface area contributed by atoms with E-state index in [0.717, 1.165) is 22.5 Å². The second-order valence-electron chi connectivity index (χ2n) is 7.22. The molecule has 0 bridgehead atoms. The molecule has 1 aromatic heterocycles. The van der Waals surface area contributed by atoms with Crippen molar-refractivity contribution in [1.29, 1.82) is 0 Å². The van der Waals surface area contributed by atoms with Crippen LogP contribution in [0.1, 0.15) is 11.1 Å². The number of benzene rings is 3. The molecule has 4 aromatic rings. The minimum absolute atomic E-state index is 0.136. The van der Waals surface area contributed by atoms with Gasteiger partial charge in [-0.05, 0) is 41.5 Å². The Balaban J connectivity index is 1.43. The van der Waals surface area contributed by atoms with Gasteiger partial charge in [0.05, 0.1) is 21.7 Å². The summed E-state index contributed by atoms with van der Waals surface area (Å²) in [6, 6.07) is 19.7. The van der Waals surface area contributed by atoms with E-state index in [2.05, 4.69) is 4.72 Å². The molecule has 10 heteroatoms. The first kappa shape index (κ1) is 24.3. The minimum Gasteiger partial charge on any atom is -0.294 e. The summed E-state index contributed by atoms with van der Waals surface area (Å²) in [5.41, 5.74) is 2.53. The lowest BCUT2D eigenvalue weighted by atomic mass is 10.2. The number of fused-ring (bicyclic) bond motifs is 1. The number of hydrogen-bond acceptors (Lipinski definition) is 5. The molecule has 0 aliphatic carbocycles. The molecule has 0 saturated heterocycles. The Morgan fingerprint density at radius 1 is 0.939 bits per heavy atom. The third-order valence-corrected chi connectivity index (χ3v) is 9.14. The van der Waals surface area contributed by atoms with E-state index in [9.17, 15) is 13.2 Å². The molecule has 0 spiro atoms. The fourth-order valence-corrected chi connectivity index (χ4v) is 6.82. The predicted molar refractivity (Wildman–Crippen MR) is 139 cm³/mol. The van der Waals surface area contributed by atoms with Crippen LogP contribution in [-0.4, -0.2) is 25.3 Å². The van der Waals surface area contributed by atoms with Gasteiger partial charge < -0.3 is 0 Å². The maximum absolute atomic E-state index is 12.8. The summed E-state index contributed by atoms with van der Waals surface area (Å²) < 4.78 is 30.4. The van der Waals surface area contributed by atoms with Crippen LogP contribution in [0.15, 0.2) is 76.4 Å². The summed E-state index contributed by atoms with van der Waals surface area (Å²) in [7, 11) is -3.69. The van der Waals surface area contributed by atoms with E-state index in [1.807, 2.05) is 42.5 Å². The number of nitrogens with one attached hydrogen (secondary N) is 1. The van der Waals surface area contributed by atoms with Gasteiger partial charge >= 0.3 is 4.87 Å². The fourth-order valence-electron chi connectivity index (χ4n) is 3.29. The van der Waals surface area contributed by atoms with Crippen LogP contribution in [0.3, 0.4) is 0 Å². The Morgan fingerprint density at radius 3 is 2.30 bits per heavy atom. The molecule has 1 heterocycles. The van der Waals surface area contributed by atoms with Crippen molar-refractivity contribution in [1.82, 2.24) is 9.29 Å². The highest BCUT2D eigenvalue weighted by molar-refractivity contribution is 7.98. The van der Waals surface area contributed by atoms with Gasteiger partial charge in [0.2, 0.25) is 10.0 Å². The molecule has 0 saturated carbocycles. The third kappa shape index (κ3) is 5.82. The zero-order valence-corrected chi connectivity index (χ0v) is 21.3. The Morgan fingerprint density at radius 2 is 1.61 bits per heavy atom. The SMILES string of the molecule is O=c1sc2cc(S(=O)(=O)NCCSCc3ccccc3Cl)ccc2n1Cc1ccccc1Cl. The van der Waals surface area contributed by atoms with Crippen LogP contribution in [0.4, 0.5) is 0 Å². The number of nitrogens with zero attached hydrogens (tertiary/aromatic N) is 1. The van der Waals surface area contributed by atoms with Crippen LogP contribution in [0.25, 0.3) is 10.2 Å². The van der Waals surface area contributed by atoms with Crippen molar-refractivity contribution < 1.29 is 8.42 Å². The lowest BCUT2D eigenvalue weighted by Crippen LogP contribution is -2.26. The number of sulfonamides is 1. The van der Waals surface area contributed by atoms with Gasteiger partial charge in [-0.1, -0.05) is 70.9 Å². The van der Waals surface area contributed by atoms with Gasteiger partial charge in [0.25, 0.3) is 0 Å². The van der Waals surface area contributed by atoms with Gasteiger partial charge in [0.15, 0.2) is 0 Å². The molecular formula is C23H20Cl2N2O3S3. The molecule has 0 radical (unpaired) electrons. The largest absolute Gasteiger partial charge is 0.308 e. The topological polar surface area (TPSA) is 68.2 Å². The van der Waals surface area contributed by atoms with Crippen molar-refractivity contribution in [2.24, 2.45) is 0 Å². The number of halogens is 2. The maximum Gasteiger partial charge on any atom is 0.308 e. The molecule has 0 amide bonds. The van der Waals surface area contributed by atoms with E-state index < -0.39 is 10.0 Å². The monoisotopic (exact) mass is 538 g/mol. The predicted octanol–water partition coefficient (Wildman–Crippen LogP) is 5.63. The number of rotatable bonds is 9. The van der Waals surface area contributed by atoms with E-state index in [-0.39, 0.29) is 9.77 Å². The molecule has 0 unspecified atom stereocenters. The van der Waals surface area contributed by atoms with Crippen LogP contribution in [0, 0.1) is 0 Å². The average molecular weight is 540 g/mol. The van der Waals surface area contributed by atoms with Crippen molar-refractivity contribution in [3.8, 4) is 0 Å². The quantitative estimate of drug-likeness (QED) is 0.280. The third-order valence-electron chi connectivity index (χ3n) is 4.99.